The highest BCUT2D eigenvalue weighted by atomic mass is 35.5. The number of ether oxygens (including phenoxy) is 1. The summed E-state index contributed by atoms with van der Waals surface area (Å²) in [5, 5.41) is 3.38. The molecule has 0 spiro atoms. The third-order valence-electron chi connectivity index (χ3n) is 6.83. The molecule has 200 valence electrons. The molecule has 0 bridgehead atoms. The normalized spacial score (nSPS) is 20.2. The van der Waals surface area contributed by atoms with E-state index in [9.17, 15) is 14.4 Å². The van der Waals surface area contributed by atoms with Crippen molar-refractivity contribution in [2.75, 3.05) is 39.3 Å². The van der Waals surface area contributed by atoms with Gasteiger partial charge in [-0.1, -0.05) is 54.1 Å². The Bertz CT molecular complexity index is 1230. The molecule has 2 atom stereocenters. The van der Waals surface area contributed by atoms with Crippen LogP contribution < -0.4 is 5.32 Å². The minimum Gasteiger partial charge on any atom is -0.463 e. The van der Waals surface area contributed by atoms with Crippen LogP contribution in [0.25, 0.3) is 0 Å². The molecule has 9 heteroatoms. The smallest absolute Gasteiger partial charge is 0.338 e. The lowest BCUT2D eigenvalue weighted by molar-refractivity contribution is -0.139. The van der Waals surface area contributed by atoms with Crippen LogP contribution in [0.15, 0.2) is 78.5 Å². The highest BCUT2D eigenvalue weighted by Crippen LogP contribution is 2.35. The first-order valence-corrected chi connectivity index (χ1v) is 13.1. The number of piperazine rings is 1. The molecule has 1 N–H and O–H groups in total. The Kier molecular flexibility index (Phi) is 8.86. The minimum atomic E-state index is -0.760. The number of benzene rings is 2. The van der Waals surface area contributed by atoms with E-state index in [-0.39, 0.29) is 31.1 Å². The number of nitrogens with zero attached hydrogens (tertiary/aromatic N) is 3. The van der Waals surface area contributed by atoms with Crippen molar-refractivity contribution in [3.05, 3.63) is 94.7 Å². The maximum absolute atomic E-state index is 13.4. The Morgan fingerprint density at radius 1 is 1.13 bits per heavy atom. The van der Waals surface area contributed by atoms with Gasteiger partial charge < -0.3 is 15.0 Å². The highest BCUT2D eigenvalue weighted by Gasteiger charge is 2.40. The van der Waals surface area contributed by atoms with E-state index in [2.05, 4.69) is 16.8 Å². The number of carbonyl (C=O) groups is 3. The zero-order valence-corrected chi connectivity index (χ0v) is 22.5. The lowest BCUT2D eigenvalue weighted by Gasteiger charge is -2.43. The van der Waals surface area contributed by atoms with E-state index in [1.807, 2.05) is 48.2 Å². The molecular formula is C29H33ClN4O4. The Morgan fingerprint density at radius 2 is 1.84 bits per heavy atom. The standard InChI is InChI=1S/C29H33ClN4O4/c1-4-15-34-24(19-32-16-17-33(20(3)18-32)27(35)21-11-7-6-8-12-21)25(28(36)38-5-2)26(31-29(34)37)22-13-9-10-14-23(22)30/h4,6-14,20,26H,1,5,15-19H2,2-3H3,(H,31,37). The van der Waals surface area contributed by atoms with Crippen LogP contribution in [0.2, 0.25) is 5.02 Å². The second kappa shape index (κ2) is 12.3. The summed E-state index contributed by atoms with van der Waals surface area (Å²) < 4.78 is 5.46. The van der Waals surface area contributed by atoms with Crippen molar-refractivity contribution in [1.82, 2.24) is 20.0 Å². The van der Waals surface area contributed by atoms with Crippen LogP contribution in [0.1, 0.15) is 35.8 Å². The summed E-state index contributed by atoms with van der Waals surface area (Å²) in [6, 6.07) is 15.2. The van der Waals surface area contributed by atoms with Crippen LogP contribution in [-0.2, 0) is 9.53 Å². The molecular weight excluding hydrogens is 504 g/mol. The number of hydrogen-bond acceptors (Lipinski definition) is 5. The molecule has 0 aromatic heterocycles. The number of esters is 1. The second-order valence-electron chi connectivity index (χ2n) is 9.33. The van der Waals surface area contributed by atoms with Crippen molar-refractivity contribution >= 4 is 29.5 Å². The summed E-state index contributed by atoms with van der Waals surface area (Å²) in [5.41, 5.74) is 2.17. The van der Waals surface area contributed by atoms with Crippen LogP contribution >= 0.6 is 11.6 Å². The van der Waals surface area contributed by atoms with E-state index < -0.39 is 12.0 Å². The number of amides is 3. The molecule has 2 aliphatic heterocycles. The van der Waals surface area contributed by atoms with E-state index in [1.54, 1.807) is 31.2 Å². The van der Waals surface area contributed by atoms with Gasteiger partial charge in [0, 0.05) is 55.0 Å². The maximum atomic E-state index is 13.4. The highest BCUT2D eigenvalue weighted by molar-refractivity contribution is 6.31. The van der Waals surface area contributed by atoms with Crippen molar-refractivity contribution in [3.63, 3.8) is 0 Å². The molecule has 0 radical (unpaired) electrons. The molecule has 0 saturated carbocycles. The average Bonchev–Trinajstić information content (AvgIpc) is 2.91. The predicted octanol–water partition coefficient (Wildman–Crippen LogP) is 4.26. The number of carbonyl (C=O) groups excluding carboxylic acids is 3. The third kappa shape index (κ3) is 5.76. The van der Waals surface area contributed by atoms with Crippen LogP contribution in [0, 0.1) is 0 Å². The van der Waals surface area contributed by atoms with Crippen molar-refractivity contribution < 1.29 is 19.1 Å². The van der Waals surface area contributed by atoms with Crippen molar-refractivity contribution in [2.24, 2.45) is 0 Å². The summed E-state index contributed by atoms with van der Waals surface area (Å²) in [6.45, 7) is 9.99. The molecule has 3 amide bonds. The van der Waals surface area contributed by atoms with Gasteiger partial charge in [-0.2, -0.15) is 0 Å². The molecule has 0 aliphatic carbocycles. The molecule has 2 aromatic carbocycles. The molecule has 38 heavy (non-hydrogen) atoms. The van der Waals surface area contributed by atoms with Gasteiger partial charge in [0.1, 0.15) is 0 Å². The first-order chi connectivity index (χ1) is 18.3. The Hall–Kier alpha value is -3.62. The largest absolute Gasteiger partial charge is 0.463 e. The van der Waals surface area contributed by atoms with E-state index in [4.69, 9.17) is 16.3 Å². The first-order valence-electron chi connectivity index (χ1n) is 12.8. The van der Waals surface area contributed by atoms with Crippen LogP contribution in [0.3, 0.4) is 0 Å². The van der Waals surface area contributed by atoms with Crippen molar-refractivity contribution in [2.45, 2.75) is 25.9 Å². The molecule has 2 heterocycles. The number of nitrogens with one attached hydrogen (secondary N) is 1. The van der Waals surface area contributed by atoms with E-state index in [0.717, 1.165) is 0 Å². The molecule has 2 aliphatic rings. The van der Waals surface area contributed by atoms with Gasteiger partial charge >= 0.3 is 12.0 Å². The Labute approximate surface area is 228 Å². The molecule has 2 aromatic rings. The third-order valence-corrected chi connectivity index (χ3v) is 7.17. The zero-order valence-electron chi connectivity index (χ0n) is 21.7. The SMILES string of the molecule is C=CCN1C(=O)NC(c2ccccc2Cl)C(C(=O)OCC)=C1CN1CCN(C(=O)c2ccccc2)C(C)C1. The van der Waals surface area contributed by atoms with Gasteiger partial charge in [0.2, 0.25) is 0 Å². The average molecular weight is 537 g/mol. The quantitative estimate of drug-likeness (QED) is 0.403. The molecule has 4 rings (SSSR count). The van der Waals surface area contributed by atoms with Crippen LogP contribution in [0.4, 0.5) is 4.79 Å². The van der Waals surface area contributed by atoms with Gasteiger partial charge in [0.05, 0.1) is 18.2 Å². The number of halogens is 1. The van der Waals surface area contributed by atoms with Gasteiger partial charge in [-0.15, -0.1) is 6.58 Å². The fraction of sp³-hybridized carbons (Fsp3) is 0.345. The molecule has 8 nitrogen and oxygen atoms in total. The second-order valence-corrected chi connectivity index (χ2v) is 9.74. The van der Waals surface area contributed by atoms with Gasteiger partial charge in [-0.25, -0.2) is 9.59 Å². The van der Waals surface area contributed by atoms with E-state index >= 15 is 0 Å². The molecule has 1 fully saturated rings. The summed E-state index contributed by atoms with van der Waals surface area (Å²) in [6.07, 6.45) is 1.62. The zero-order chi connectivity index (χ0) is 27.2. The number of urea groups is 1. The van der Waals surface area contributed by atoms with E-state index in [1.165, 1.54) is 4.90 Å². The summed E-state index contributed by atoms with van der Waals surface area (Å²) in [5.74, 6) is -0.513. The van der Waals surface area contributed by atoms with Crippen LogP contribution in [-0.4, -0.2) is 78.0 Å². The maximum Gasteiger partial charge on any atom is 0.338 e. The minimum absolute atomic E-state index is 0.00621. The van der Waals surface area contributed by atoms with Crippen molar-refractivity contribution in [3.8, 4) is 0 Å². The molecule has 1 saturated heterocycles. The Balaban J connectivity index is 1.67. The fourth-order valence-corrected chi connectivity index (χ4v) is 5.27. The summed E-state index contributed by atoms with van der Waals surface area (Å²) in [7, 11) is 0. The molecule has 2 unspecified atom stereocenters. The lowest BCUT2D eigenvalue weighted by Crippen LogP contribution is -2.56. The van der Waals surface area contributed by atoms with Gasteiger partial charge in [0.15, 0.2) is 0 Å². The van der Waals surface area contributed by atoms with Gasteiger partial charge in [-0.05, 0) is 37.6 Å². The van der Waals surface area contributed by atoms with Gasteiger partial charge in [0.25, 0.3) is 5.91 Å². The summed E-state index contributed by atoms with van der Waals surface area (Å²) in [4.78, 5) is 45.3. The number of hydrogen-bond donors (Lipinski definition) is 1. The van der Waals surface area contributed by atoms with Crippen LogP contribution in [0.5, 0.6) is 0 Å². The Morgan fingerprint density at radius 3 is 2.50 bits per heavy atom. The van der Waals surface area contributed by atoms with E-state index in [0.29, 0.717) is 53.6 Å². The van der Waals surface area contributed by atoms with Gasteiger partial charge in [-0.3, -0.25) is 14.6 Å². The van der Waals surface area contributed by atoms with Crippen molar-refractivity contribution in [1.29, 1.82) is 0 Å². The predicted molar refractivity (Wildman–Crippen MR) is 147 cm³/mol. The summed E-state index contributed by atoms with van der Waals surface area (Å²) >= 11 is 6.50. The fourth-order valence-electron chi connectivity index (χ4n) is 5.02. The lowest BCUT2D eigenvalue weighted by atomic mass is 9.93. The first kappa shape index (κ1) is 27.4. The topological polar surface area (TPSA) is 82.2 Å². The number of rotatable bonds is 8. The monoisotopic (exact) mass is 536 g/mol.